The van der Waals surface area contributed by atoms with Gasteiger partial charge in [-0.05, 0) is 82.4 Å². The molecule has 0 spiro atoms. The van der Waals surface area contributed by atoms with Gasteiger partial charge in [0, 0.05) is 18.5 Å². The van der Waals surface area contributed by atoms with E-state index in [-0.39, 0.29) is 0 Å². The van der Waals surface area contributed by atoms with Gasteiger partial charge in [-0.3, -0.25) is 0 Å². The summed E-state index contributed by atoms with van der Waals surface area (Å²) >= 11 is 3.58. The van der Waals surface area contributed by atoms with Crippen LogP contribution in [0.5, 0.6) is 23.0 Å². The largest absolute Gasteiger partial charge is 0.494 e. The van der Waals surface area contributed by atoms with Gasteiger partial charge in [-0.1, -0.05) is 80.0 Å². The molecule has 11 heteroatoms. The molecule has 0 radical (unpaired) electrons. The van der Waals surface area contributed by atoms with Gasteiger partial charge in [0.15, 0.2) is 11.4 Å². The molecule has 4 aromatic rings. The van der Waals surface area contributed by atoms with Crippen LogP contribution in [-0.2, 0) is 25.9 Å². The lowest BCUT2D eigenvalue weighted by Crippen LogP contribution is -2.40. The molecule has 1 aliphatic rings. The number of halogens is 1. The first-order valence-electron chi connectivity index (χ1n) is 15.3. The fourth-order valence-corrected chi connectivity index (χ4v) is 4.98. The highest BCUT2D eigenvalue weighted by Crippen LogP contribution is 2.27. The third kappa shape index (κ3) is 10.7. The second-order valence-corrected chi connectivity index (χ2v) is 12.3. The van der Waals surface area contributed by atoms with Crippen LogP contribution < -0.4 is 20.4 Å². The standard InChI is InChI=1S/C22H27BBrNO3.C14H10BNO3/c1-16(2)14-26-23(27-15-17(3)4)22-11-10-21(12-18(22)13-24)28-20-8-6-19(25-5)7-9-20;1-16-11-2-4-12(5-3-11)19-13-6-7-14-10(8-13)9-18-15(14)17/h6-12,16-17H,13-15H2,1-4H3;2-8,17H,9H2. The molecule has 0 aliphatic carbocycles. The summed E-state index contributed by atoms with van der Waals surface area (Å²) in [5, 5.41) is 10.2. The summed E-state index contributed by atoms with van der Waals surface area (Å²) in [6.45, 7) is 24.1. The van der Waals surface area contributed by atoms with Crippen LogP contribution in [0.1, 0.15) is 38.8 Å². The van der Waals surface area contributed by atoms with Crippen molar-refractivity contribution in [3.05, 3.63) is 119 Å². The van der Waals surface area contributed by atoms with E-state index < -0.39 is 14.2 Å². The first kappa shape index (κ1) is 35.8. The van der Waals surface area contributed by atoms with E-state index in [0.29, 0.717) is 65.6 Å². The minimum absolute atomic E-state index is 0.393. The molecule has 1 N–H and O–H groups in total. The van der Waals surface area contributed by atoms with Crippen molar-refractivity contribution in [1.82, 2.24) is 0 Å². The SMILES string of the molecule is [C-]#[N+]c1ccc(Oc2ccc(B(OCC(C)C)OCC(C)C)c(CBr)c2)cc1.[C-]#[N+]c1ccc(Oc2ccc3c(c2)COB3O)cc1. The van der Waals surface area contributed by atoms with Gasteiger partial charge in [-0.2, -0.15) is 0 Å². The number of rotatable bonds is 12. The monoisotopic (exact) mass is 694 g/mol. The molecule has 1 aliphatic heterocycles. The van der Waals surface area contributed by atoms with Crippen molar-refractivity contribution in [2.75, 3.05) is 13.2 Å². The van der Waals surface area contributed by atoms with Crippen molar-refractivity contribution in [3.63, 3.8) is 0 Å². The molecule has 0 unspecified atom stereocenters. The number of hydrogen-bond donors (Lipinski definition) is 1. The van der Waals surface area contributed by atoms with Crippen LogP contribution in [0.2, 0.25) is 0 Å². The maximum atomic E-state index is 9.53. The van der Waals surface area contributed by atoms with E-state index in [9.17, 15) is 5.02 Å². The molecule has 0 amide bonds. The summed E-state index contributed by atoms with van der Waals surface area (Å²) in [7, 11) is -1.23. The summed E-state index contributed by atoms with van der Waals surface area (Å²) in [5.41, 5.74) is 4.97. The second kappa shape index (κ2) is 17.7. The number of alkyl halides is 1. The van der Waals surface area contributed by atoms with Crippen molar-refractivity contribution < 1.29 is 28.5 Å². The van der Waals surface area contributed by atoms with Gasteiger partial charge in [0.25, 0.3) is 0 Å². The van der Waals surface area contributed by atoms with Crippen molar-refractivity contribution in [3.8, 4) is 23.0 Å². The third-order valence-corrected chi connectivity index (χ3v) is 7.46. The molecule has 4 aromatic carbocycles. The first-order valence-corrected chi connectivity index (χ1v) is 16.5. The molecule has 0 atom stereocenters. The molecule has 0 aromatic heterocycles. The van der Waals surface area contributed by atoms with Crippen LogP contribution in [0.15, 0.2) is 84.9 Å². The first-order chi connectivity index (χ1) is 22.7. The van der Waals surface area contributed by atoms with E-state index in [0.717, 1.165) is 27.8 Å². The van der Waals surface area contributed by atoms with Gasteiger partial charge in [0.1, 0.15) is 23.0 Å². The number of hydrogen-bond acceptors (Lipinski definition) is 6. The highest BCUT2D eigenvalue weighted by molar-refractivity contribution is 9.08. The Morgan fingerprint density at radius 1 is 0.766 bits per heavy atom. The Balaban J connectivity index is 0.000000228. The summed E-state index contributed by atoms with van der Waals surface area (Å²) in [6, 6.07) is 25.4. The van der Waals surface area contributed by atoms with Crippen LogP contribution >= 0.6 is 15.9 Å². The predicted octanol–water partition coefficient (Wildman–Crippen LogP) is 8.21. The Kier molecular flexibility index (Phi) is 13.5. The Morgan fingerprint density at radius 2 is 1.26 bits per heavy atom. The van der Waals surface area contributed by atoms with Gasteiger partial charge in [-0.25, -0.2) is 9.69 Å². The average molecular weight is 695 g/mol. The van der Waals surface area contributed by atoms with E-state index in [1.165, 1.54) is 0 Å². The van der Waals surface area contributed by atoms with Gasteiger partial charge < -0.3 is 28.5 Å². The molecular formula is C36H37B2BrN2O6. The topological polar surface area (TPSA) is 75.1 Å². The van der Waals surface area contributed by atoms with Crippen LogP contribution in [0.25, 0.3) is 9.69 Å². The maximum absolute atomic E-state index is 9.53. The Morgan fingerprint density at radius 3 is 1.74 bits per heavy atom. The van der Waals surface area contributed by atoms with E-state index in [4.69, 9.17) is 36.6 Å². The number of fused-ring (bicyclic) bond motifs is 1. The minimum Gasteiger partial charge on any atom is -0.457 e. The van der Waals surface area contributed by atoms with Gasteiger partial charge in [0.05, 0.1) is 19.8 Å². The zero-order valence-electron chi connectivity index (χ0n) is 27.0. The van der Waals surface area contributed by atoms with E-state index in [1.54, 1.807) is 60.7 Å². The lowest BCUT2D eigenvalue weighted by Gasteiger charge is -2.20. The van der Waals surface area contributed by atoms with Crippen molar-refractivity contribution in [2.45, 2.75) is 39.6 Å². The molecule has 8 nitrogen and oxygen atoms in total. The highest BCUT2D eigenvalue weighted by atomic mass is 79.9. The Labute approximate surface area is 286 Å². The molecular weight excluding hydrogens is 658 g/mol. The average Bonchev–Trinajstić information content (AvgIpc) is 3.45. The molecule has 0 saturated carbocycles. The molecule has 1 heterocycles. The lowest BCUT2D eigenvalue weighted by molar-refractivity contribution is 0.172. The van der Waals surface area contributed by atoms with E-state index in [2.05, 4.69) is 53.3 Å². The lowest BCUT2D eigenvalue weighted by atomic mass is 9.75. The number of nitrogens with zero attached hydrogens (tertiary/aromatic N) is 2. The van der Waals surface area contributed by atoms with Gasteiger partial charge in [0.2, 0.25) is 0 Å². The Hall–Kier alpha value is -4.09. The quantitative estimate of drug-likeness (QED) is 0.0916. The highest BCUT2D eigenvalue weighted by Gasteiger charge is 2.27. The molecule has 0 saturated heterocycles. The fraction of sp³-hybridized carbons (Fsp3) is 0.278. The van der Waals surface area contributed by atoms with Gasteiger partial charge in [-0.15, -0.1) is 0 Å². The summed E-state index contributed by atoms with van der Waals surface area (Å²) < 4.78 is 28.9. The molecule has 5 rings (SSSR count). The predicted molar refractivity (Wildman–Crippen MR) is 190 cm³/mol. The summed E-state index contributed by atoms with van der Waals surface area (Å²) in [6.07, 6.45) is 0. The van der Waals surface area contributed by atoms with Gasteiger partial charge >= 0.3 is 14.2 Å². The maximum Gasteiger partial charge on any atom is 0.494 e. The van der Waals surface area contributed by atoms with Crippen molar-refractivity contribution in [1.29, 1.82) is 0 Å². The van der Waals surface area contributed by atoms with Crippen LogP contribution in [0, 0.1) is 25.0 Å². The van der Waals surface area contributed by atoms with Crippen LogP contribution in [0.4, 0.5) is 11.4 Å². The van der Waals surface area contributed by atoms with Crippen molar-refractivity contribution >= 4 is 52.5 Å². The molecule has 0 fully saturated rings. The van der Waals surface area contributed by atoms with E-state index in [1.807, 2.05) is 24.3 Å². The van der Waals surface area contributed by atoms with Crippen LogP contribution in [-0.4, -0.2) is 32.5 Å². The number of benzene rings is 4. The molecule has 0 bridgehead atoms. The smallest absolute Gasteiger partial charge is 0.457 e. The zero-order chi connectivity index (χ0) is 33.8. The van der Waals surface area contributed by atoms with Crippen molar-refractivity contribution in [2.24, 2.45) is 11.8 Å². The fourth-order valence-electron chi connectivity index (χ4n) is 4.50. The second-order valence-electron chi connectivity index (χ2n) is 11.7. The normalized spacial score (nSPS) is 11.7. The van der Waals surface area contributed by atoms with Crippen LogP contribution in [0.3, 0.4) is 0 Å². The zero-order valence-corrected chi connectivity index (χ0v) is 28.6. The summed E-state index contributed by atoms with van der Waals surface area (Å²) in [5.74, 6) is 3.65. The molecule has 240 valence electrons. The van der Waals surface area contributed by atoms with E-state index >= 15 is 0 Å². The number of ether oxygens (including phenoxy) is 2. The summed E-state index contributed by atoms with van der Waals surface area (Å²) in [4.78, 5) is 6.72. The third-order valence-electron chi connectivity index (χ3n) is 6.85. The molecule has 47 heavy (non-hydrogen) atoms. The minimum atomic E-state index is -0.831. The Bertz CT molecular complexity index is 1680.